The van der Waals surface area contributed by atoms with E-state index in [2.05, 4.69) is 39.7 Å². The number of anilines is 2. The van der Waals surface area contributed by atoms with Crippen LogP contribution in [0.15, 0.2) is 48.4 Å². The van der Waals surface area contributed by atoms with Crippen LogP contribution in [0.1, 0.15) is 87.8 Å². The van der Waals surface area contributed by atoms with E-state index < -0.39 is 11.8 Å². The number of rotatable bonds is 1. The molecular weight excluding hydrogens is 504 g/mol. The van der Waals surface area contributed by atoms with Gasteiger partial charge in [0.2, 0.25) is 0 Å². The summed E-state index contributed by atoms with van der Waals surface area (Å²) in [5.41, 5.74) is 4.43. The van der Waals surface area contributed by atoms with Crippen molar-refractivity contribution >= 4 is 17.7 Å². The SMILES string of the molecule is C=C1C(C2(C)CC2)=Cc2c3ncnc2N1CCCCCCCCN1CCC(CC1)C(F)(F)c1cccc(c1)CN3. The van der Waals surface area contributed by atoms with Crippen LogP contribution < -0.4 is 10.2 Å². The molecule has 1 N–H and O–H groups in total. The Morgan fingerprint density at radius 1 is 0.950 bits per heavy atom. The Morgan fingerprint density at radius 3 is 2.42 bits per heavy atom. The summed E-state index contributed by atoms with van der Waals surface area (Å²) in [4.78, 5) is 14.0. The highest BCUT2D eigenvalue weighted by molar-refractivity contribution is 5.83. The second-order valence-corrected chi connectivity index (χ2v) is 12.6. The van der Waals surface area contributed by atoms with E-state index in [0.717, 1.165) is 80.3 Å². The average molecular weight is 548 g/mol. The number of benzene rings is 1. The van der Waals surface area contributed by atoms with Crippen molar-refractivity contribution < 1.29 is 8.78 Å². The zero-order valence-electron chi connectivity index (χ0n) is 23.9. The number of hydrogen-bond acceptors (Lipinski definition) is 5. The average Bonchev–Trinajstić information content (AvgIpc) is 3.71. The van der Waals surface area contributed by atoms with Gasteiger partial charge in [-0.3, -0.25) is 0 Å². The van der Waals surface area contributed by atoms with Crippen LogP contribution >= 0.6 is 0 Å². The molecule has 7 heteroatoms. The highest BCUT2D eigenvalue weighted by Crippen LogP contribution is 2.56. The van der Waals surface area contributed by atoms with Gasteiger partial charge in [0, 0.05) is 30.3 Å². The molecule has 0 spiro atoms. The van der Waals surface area contributed by atoms with E-state index in [4.69, 9.17) is 4.98 Å². The predicted octanol–water partition coefficient (Wildman–Crippen LogP) is 7.76. The summed E-state index contributed by atoms with van der Waals surface area (Å²) >= 11 is 0. The van der Waals surface area contributed by atoms with Crippen LogP contribution in [0, 0.1) is 11.3 Å². The molecule has 0 radical (unpaired) electrons. The maximum absolute atomic E-state index is 15.7. The number of aromatic nitrogens is 2. The monoisotopic (exact) mass is 547 g/mol. The molecule has 1 aromatic carbocycles. The summed E-state index contributed by atoms with van der Waals surface area (Å²) < 4.78 is 31.4. The molecule has 1 aliphatic carbocycles. The van der Waals surface area contributed by atoms with Crippen molar-refractivity contribution in [2.24, 2.45) is 11.3 Å². The van der Waals surface area contributed by atoms with Gasteiger partial charge < -0.3 is 15.1 Å². The van der Waals surface area contributed by atoms with E-state index in [1.807, 2.05) is 6.07 Å². The number of nitrogens with one attached hydrogen (secondary N) is 1. The van der Waals surface area contributed by atoms with Gasteiger partial charge in [-0.05, 0) is 86.9 Å². The van der Waals surface area contributed by atoms with Gasteiger partial charge in [0.1, 0.15) is 18.0 Å². The maximum Gasteiger partial charge on any atom is 0.276 e. The normalized spacial score (nSPS) is 26.6. The van der Waals surface area contributed by atoms with Crippen molar-refractivity contribution in [3.8, 4) is 0 Å². The van der Waals surface area contributed by atoms with Gasteiger partial charge in [0.25, 0.3) is 5.92 Å². The molecule has 2 fully saturated rings. The molecule has 2 aromatic rings. The Labute approximate surface area is 237 Å². The molecule has 1 saturated carbocycles. The molecule has 4 aliphatic heterocycles. The van der Waals surface area contributed by atoms with Gasteiger partial charge in [-0.1, -0.05) is 57.4 Å². The fraction of sp³-hybridized carbons (Fsp3) is 0.576. The topological polar surface area (TPSA) is 44.3 Å². The molecule has 0 atom stereocenters. The molecule has 1 aromatic heterocycles. The van der Waals surface area contributed by atoms with Gasteiger partial charge in [0.05, 0.1) is 5.56 Å². The summed E-state index contributed by atoms with van der Waals surface area (Å²) in [5.74, 6) is -1.80. The van der Waals surface area contributed by atoms with Crippen LogP contribution in [0.3, 0.4) is 0 Å². The first kappa shape index (κ1) is 27.4. The number of piperidine rings is 1. The number of hydrogen-bond donors (Lipinski definition) is 1. The van der Waals surface area contributed by atoms with Crippen molar-refractivity contribution in [1.82, 2.24) is 14.9 Å². The number of allylic oxidation sites excluding steroid dienone is 1. The zero-order chi connectivity index (χ0) is 27.7. The highest BCUT2D eigenvalue weighted by Gasteiger charge is 2.45. The second kappa shape index (κ2) is 11.2. The summed E-state index contributed by atoms with van der Waals surface area (Å²) in [5, 5.41) is 3.47. The Morgan fingerprint density at radius 2 is 1.68 bits per heavy atom. The molecule has 1 saturated heterocycles. The van der Waals surface area contributed by atoms with Gasteiger partial charge in [-0.25, -0.2) is 18.7 Å². The lowest BCUT2D eigenvalue weighted by molar-refractivity contribution is -0.0855. The van der Waals surface area contributed by atoms with E-state index in [9.17, 15) is 0 Å². The Balaban J connectivity index is 1.30. The summed E-state index contributed by atoms with van der Waals surface area (Å²) in [6.45, 7) is 10.7. The smallest absolute Gasteiger partial charge is 0.276 e. The number of halogens is 2. The molecule has 7 rings (SSSR count). The summed E-state index contributed by atoms with van der Waals surface area (Å²) in [6, 6.07) is 6.96. The lowest BCUT2D eigenvalue weighted by Gasteiger charge is -2.36. The molecular formula is C33H43F2N5. The molecule has 8 bridgehead atoms. The minimum atomic E-state index is -2.83. The Kier molecular flexibility index (Phi) is 7.68. The van der Waals surface area contributed by atoms with Gasteiger partial charge in [-0.15, -0.1) is 0 Å². The molecule has 5 aliphatic rings. The number of nitrogens with zero attached hydrogens (tertiary/aromatic N) is 4. The Hall–Kier alpha value is -2.80. The van der Waals surface area contributed by atoms with Crippen LogP contribution in [0.4, 0.5) is 20.4 Å². The molecule has 0 unspecified atom stereocenters. The van der Waals surface area contributed by atoms with E-state index in [0.29, 0.717) is 19.4 Å². The first-order chi connectivity index (χ1) is 19.3. The largest absolute Gasteiger partial charge is 0.365 e. The van der Waals surface area contributed by atoms with E-state index in [-0.39, 0.29) is 11.0 Å². The van der Waals surface area contributed by atoms with Gasteiger partial charge in [-0.2, -0.15) is 0 Å². The summed E-state index contributed by atoms with van der Waals surface area (Å²) in [6.07, 6.45) is 14.3. The maximum atomic E-state index is 15.7. The molecule has 5 nitrogen and oxygen atoms in total. The molecule has 5 heterocycles. The van der Waals surface area contributed by atoms with E-state index >= 15 is 8.78 Å². The third-order valence-electron chi connectivity index (χ3n) is 9.67. The highest BCUT2D eigenvalue weighted by atomic mass is 19.3. The van der Waals surface area contributed by atoms with Crippen molar-refractivity contribution in [3.63, 3.8) is 0 Å². The standard InChI is InChI=1S/C33H43F2N5/c1-24-29(32(2)14-15-32)21-28-30-36-22-25-10-9-11-27(20-25)33(34,35)26-12-18-39(19-13-26)16-7-5-3-4-6-8-17-40(24)31(28)38-23-37-30/h9-11,20-21,23,26H,1,3-8,12-19,22H2,2H3,(H,36,37,38). The fourth-order valence-electron chi connectivity index (χ4n) is 6.74. The first-order valence-corrected chi connectivity index (χ1v) is 15.3. The minimum Gasteiger partial charge on any atom is -0.365 e. The van der Waals surface area contributed by atoms with Crippen LogP contribution in [-0.4, -0.2) is 41.0 Å². The van der Waals surface area contributed by atoms with Crippen LogP contribution in [0.2, 0.25) is 0 Å². The fourth-order valence-corrected chi connectivity index (χ4v) is 6.74. The van der Waals surface area contributed by atoms with Gasteiger partial charge >= 0.3 is 0 Å². The number of alkyl halides is 2. The molecule has 40 heavy (non-hydrogen) atoms. The molecule has 0 amide bonds. The lowest BCUT2D eigenvalue weighted by Crippen LogP contribution is -2.40. The minimum absolute atomic E-state index is 0.128. The van der Waals surface area contributed by atoms with Crippen molar-refractivity contribution in [1.29, 1.82) is 0 Å². The van der Waals surface area contributed by atoms with Crippen LogP contribution in [-0.2, 0) is 12.5 Å². The van der Waals surface area contributed by atoms with E-state index in [1.54, 1.807) is 24.5 Å². The zero-order valence-corrected chi connectivity index (χ0v) is 23.9. The molecule has 214 valence electrons. The third-order valence-corrected chi connectivity index (χ3v) is 9.67. The van der Waals surface area contributed by atoms with Crippen molar-refractivity contribution in [2.45, 2.75) is 83.6 Å². The second-order valence-electron chi connectivity index (χ2n) is 12.6. The van der Waals surface area contributed by atoms with Crippen molar-refractivity contribution in [2.75, 3.05) is 36.4 Å². The lowest BCUT2D eigenvalue weighted by atomic mass is 9.86. The first-order valence-electron chi connectivity index (χ1n) is 15.3. The van der Waals surface area contributed by atoms with Crippen molar-refractivity contribution in [3.05, 3.63) is 65.1 Å². The predicted molar refractivity (Wildman–Crippen MR) is 158 cm³/mol. The summed E-state index contributed by atoms with van der Waals surface area (Å²) in [7, 11) is 0. The van der Waals surface area contributed by atoms with Crippen LogP contribution in [0.5, 0.6) is 0 Å². The third kappa shape index (κ3) is 5.54. The Bertz CT molecular complexity index is 1260. The van der Waals surface area contributed by atoms with Crippen LogP contribution in [0.25, 0.3) is 6.08 Å². The quantitative estimate of drug-likeness (QED) is 0.395. The number of fused-ring (bicyclic) bond motifs is 10. The van der Waals surface area contributed by atoms with E-state index in [1.165, 1.54) is 31.3 Å². The van der Waals surface area contributed by atoms with Gasteiger partial charge in [0.15, 0.2) is 0 Å².